The summed E-state index contributed by atoms with van der Waals surface area (Å²) in [6, 6.07) is 19.2. The third kappa shape index (κ3) is 3.61. The molecule has 3 aromatic rings. The minimum absolute atomic E-state index is 0.138. The molecule has 2 heterocycles. The van der Waals surface area contributed by atoms with Gasteiger partial charge in [-0.15, -0.1) is 0 Å². The number of amides is 4. The lowest BCUT2D eigenvalue weighted by Gasteiger charge is -2.41. The van der Waals surface area contributed by atoms with Crippen molar-refractivity contribution >= 4 is 46.7 Å². The van der Waals surface area contributed by atoms with Crippen molar-refractivity contribution < 1.29 is 28.7 Å². The summed E-state index contributed by atoms with van der Waals surface area (Å²) in [6.07, 6.45) is 0. The van der Waals surface area contributed by atoms with Crippen LogP contribution in [0.3, 0.4) is 0 Å². The van der Waals surface area contributed by atoms with Crippen molar-refractivity contribution in [3.05, 3.63) is 89.5 Å². The average molecular weight is 483 g/mol. The number of esters is 1. The number of carbonyl (C=O) groups excluding carboxylic acids is 5. The van der Waals surface area contributed by atoms with E-state index in [1.54, 1.807) is 62.4 Å². The second-order valence-corrected chi connectivity index (χ2v) is 8.87. The van der Waals surface area contributed by atoms with Crippen LogP contribution in [0.15, 0.2) is 72.8 Å². The van der Waals surface area contributed by atoms with E-state index in [0.29, 0.717) is 28.2 Å². The summed E-state index contributed by atoms with van der Waals surface area (Å²) in [5.41, 5.74) is 0.900. The number of hydrogen-bond donors (Lipinski definition) is 1. The van der Waals surface area contributed by atoms with Gasteiger partial charge in [-0.2, -0.15) is 0 Å². The van der Waals surface area contributed by atoms with Crippen LogP contribution in [0, 0.1) is 0 Å². The predicted octanol–water partition coefficient (Wildman–Crippen LogP) is 3.41. The fourth-order valence-corrected chi connectivity index (χ4v) is 4.34. The van der Waals surface area contributed by atoms with Crippen LogP contribution < -0.4 is 15.1 Å². The second-order valence-electron chi connectivity index (χ2n) is 8.87. The number of nitrogens with one attached hydrogen (secondary N) is 1. The molecule has 2 aliphatic rings. The number of carbonyl (C=O) groups is 5. The lowest BCUT2D eigenvalue weighted by atomic mass is 9.96. The van der Waals surface area contributed by atoms with Gasteiger partial charge in [0.1, 0.15) is 5.54 Å². The van der Waals surface area contributed by atoms with Crippen LogP contribution in [-0.4, -0.2) is 41.7 Å². The van der Waals surface area contributed by atoms with Crippen LogP contribution in [0.25, 0.3) is 0 Å². The summed E-state index contributed by atoms with van der Waals surface area (Å²) < 4.78 is 5.24. The van der Waals surface area contributed by atoms with Gasteiger partial charge in [-0.25, -0.2) is 9.69 Å². The molecular formula is C27H21N3O6. The molecule has 9 heteroatoms. The van der Waals surface area contributed by atoms with Crippen molar-refractivity contribution in [2.75, 3.05) is 21.7 Å². The molecule has 2 aliphatic heterocycles. The van der Waals surface area contributed by atoms with Gasteiger partial charge in [0, 0.05) is 0 Å². The molecule has 0 fully saturated rings. The SMILES string of the molecule is CC1(C)C(=O)Nc2ccccc2N1C(=O)COC(=O)c1ccc(N2C(=O)c3ccccc3C2=O)cc1. The van der Waals surface area contributed by atoms with Gasteiger partial charge in [0.2, 0.25) is 5.91 Å². The Kier molecular flexibility index (Phi) is 5.40. The number of para-hydroxylation sites is 2. The molecule has 0 unspecified atom stereocenters. The predicted molar refractivity (Wildman–Crippen MR) is 131 cm³/mol. The summed E-state index contributed by atoms with van der Waals surface area (Å²) in [5, 5.41) is 2.77. The second kappa shape index (κ2) is 8.46. The zero-order valence-corrected chi connectivity index (χ0v) is 19.5. The molecule has 5 rings (SSSR count). The van der Waals surface area contributed by atoms with Crippen LogP contribution in [0.5, 0.6) is 0 Å². The number of fused-ring (bicyclic) bond motifs is 2. The number of hydrogen-bond acceptors (Lipinski definition) is 6. The maximum absolute atomic E-state index is 13.1. The third-order valence-corrected chi connectivity index (χ3v) is 6.24. The molecule has 9 nitrogen and oxygen atoms in total. The fraction of sp³-hybridized carbons (Fsp3) is 0.148. The highest BCUT2D eigenvalue weighted by molar-refractivity contribution is 6.34. The Balaban J connectivity index is 1.29. The van der Waals surface area contributed by atoms with Gasteiger partial charge in [0.05, 0.1) is 33.8 Å². The summed E-state index contributed by atoms with van der Waals surface area (Å²) in [4.78, 5) is 65.9. The molecule has 0 aromatic heterocycles. The van der Waals surface area contributed by atoms with Gasteiger partial charge >= 0.3 is 5.97 Å². The summed E-state index contributed by atoms with van der Waals surface area (Å²) in [5.74, 6) is -2.55. The lowest BCUT2D eigenvalue weighted by molar-refractivity contribution is -0.128. The van der Waals surface area contributed by atoms with E-state index < -0.39 is 35.8 Å². The third-order valence-electron chi connectivity index (χ3n) is 6.24. The fourth-order valence-electron chi connectivity index (χ4n) is 4.34. The summed E-state index contributed by atoms with van der Waals surface area (Å²) in [6.45, 7) is 2.63. The maximum atomic E-state index is 13.1. The number of rotatable bonds is 4. The first-order valence-electron chi connectivity index (χ1n) is 11.2. The van der Waals surface area contributed by atoms with Gasteiger partial charge in [-0.05, 0) is 62.4 Å². The maximum Gasteiger partial charge on any atom is 0.338 e. The number of ether oxygens (including phenoxy) is 1. The zero-order chi connectivity index (χ0) is 25.6. The molecule has 180 valence electrons. The normalized spacial score (nSPS) is 15.8. The Morgan fingerprint density at radius 3 is 2.06 bits per heavy atom. The van der Waals surface area contributed by atoms with E-state index in [2.05, 4.69) is 5.32 Å². The quantitative estimate of drug-likeness (QED) is 0.450. The lowest BCUT2D eigenvalue weighted by Crippen LogP contribution is -2.59. The molecule has 0 saturated carbocycles. The Morgan fingerprint density at radius 1 is 0.833 bits per heavy atom. The molecule has 4 amide bonds. The van der Waals surface area contributed by atoms with E-state index in [1.807, 2.05) is 0 Å². The van der Waals surface area contributed by atoms with Crippen molar-refractivity contribution in [1.82, 2.24) is 0 Å². The van der Waals surface area contributed by atoms with Gasteiger partial charge in [0.25, 0.3) is 17.7 Å². The average Bonchev–Trinajstić information content (AvgIpc) is 3.13. The van der Waals surface area contributed by atoms with Crippen LogP contribution >= 0.6 is 0 Å². The van der Waals surface area contributed by atoms with E-state index >= 15 is 0 Å². The van der Waals surface area contributed by atoms with Gasteiger partial charge in [-0.1, -0.05) is 24.3 Å². The van der Waals surface area contributed by atoms with Crippen molar-refractivity contribution in [3.8, 4) is 0 Å². The monoisotopic (exact) mass is 483 g/mol. The van der Waals surface area contributed by atoms with Crippen molar-refractivity contribution in [2.45, 2.75) is 19.4 Å². The van der Waals surface area contributed by atoms with Crippen LogP contribution in [0.1, 0.15) is 44.9 Å². The van der Waals surface area contributed by atoms with Crippen molar-refractivity contribution in [2.24, 2.45) is 0 Å². The first-order valence-corrected chi connectivity index (χ1v) is 11.2. The Morgan fingerprint density at radius 2 is 1.42 bits per heavy atom. The first-order chi connectivity index (χ1) is 17.2. The van der Waals surface area contributed by atoms with E-state index in [4.69, 9.17) is 4.74 Å². The molecule has 0 spiro atoms. The number of benzene rings is 3. The van der Waals surface area contributed by atoms with E-state index in [0.717, 1.165) is 4.90 Å². The molecule has 1 N–H and O–H groups in total. The van der Waals surface area contributed by atoms with Crippen molar-refractivity contribution in [1.29, 1.82) is 0 Å². The minimum Gasteiger partial charge on any atom is -0.452 e. The zero-order valence-electron chi connectivity index (χ0n) is 19.5. The van der Waals surface area contributed by atoms with Crippen molar-refractivity contribution in [3.63, 3.8) is 0 Å². The van der Waals surface area contributed by atoms with Gasteiger partial charge in [0.15, 0.2) is 6.61 Å². The largest absolute Gasteiger partial charge is 0.452 e. The van der Waals surface area contributed by atoms with E-state index in [-0.39, 0.29) is 11.5 Å². The van der Waals surface area contributed by atoms with Gasteiger partial charge in [-0.3, -0.25) is 24.1 Å². The molecule has 0 saturated heterocycles. The summed E-state index contributed by atoms with van der Waals surface area (Å²) >= 11 is 0. The highest BCUT2D eigenvalue weighted by Crippen LogP contribution is 2.36. The van der Waals surface area contributed by atoms with Crippen LogP contribution in [-0.2, 0) is 14.3 Å². The number of anilines is 3. The Hall–Kier alpha value is -4.79. The standard InChI is InChI=1S/C27H21N3O6/c1-27(2)26(35)28-20-9-5-6-10-21(20)30(27)22(31)15-36-25(34)16-11-13-17(14-12-16)29-23(32)18-7-3-4-8-19(18)24(29)33/h3-14H,15H2,1-2H3,(H,28,35). The van der Waals surface area contributed by atoms with Crippen LogP contribution in [0.4, 0.5) is 17.1 Å². The Bertz CT molecular complexity index is 1410. The smallest absolute Gasteiger partial charge is 0.338 e. The molecular weight excluding hydrogens is 462 g/mol. The first kappa shape index (κ1) is 23.0. The van der Waals surface area contributed by atoms with Gasteiger partial charge < -0.3 is 10.1 Å². The Labute approximate surface area is 206 Å². The minimum atomic E-state index is -1.19. The summed E-state index contributed by atoms with van der Waals surface area (Å²) in [7, 11) is 0. The van der Waals surface area contributed by atoms with E-state index in [9.17, 15) is 24.0 Å². The van der Waals surface area contributed by atoms with E-state index in [1.165, 1.54) is 29.2 Å². The molecule has 0 radical (unpaired) electrons. The molecule has 0 atom stereocenters. The number of imide groups is 1. The van der Waals surface area contributed by atoms with Crippen LogP contribution in [0.2, 0.25) is 0 Å². The molecule has 3 aromatic carbocycles. The molecule has 0 aliphatic carbocycles. The molecule has 36 heavy (non-hydrogen) atoms. The topological polar surface area (TPSA) is 113 Å². The molecule has 0 bridgehead atoms. The highest BCUT2D eigenvalue weighted by Gasteiger charge is 2.43. The number of nitrogens with zero attached hydrogens (tertiary/aromatic N) is 2. The highest BCUT2D eigenvalue weighted by atomic mass is 16.5.